The summed E-state index contributed by atoms with van der Waals surface area (Å²) in [6.07, 6.45) is 6.07. The number of halogens is 2. The molecule has 0 unspecified atom stereocenters. The molecule has 2 aromatic heterocycles. The van der Waals surface area contributed by atoms with Crippen molar-refractivity contribution >= 4 is 40.7 Å². The SMILES string of the molecule is O=C(c1cccc(Cl)c1Cl)N1C[C@H]2C[C@H]1CN2Cc1cncc(Nc2ccn[nH]2)n1. The second-order valence-electron chi connectivity index (χ2n) is 7.52. The lowest BCUT2D eigenvalue weighted by molar-refractivity contribution is 0.0615. The van der Waals surface area contributed by atoms with Crippen molar-refractivity contribution in [3.05, 3.63) is 64.2 Å². The number of fused-ring (bicyclic) bond motifs is 2. The highest BCUT2D eigenvalue weighted by atomic mass is 35.5. The predicted octanol–water partition coefficient (Wildman–Crippen LogP) is 3.35. The topological polar surface area (TPSA) is 90.0 Å². The summed E-state index contributed by atoms with van der Waals surface area (Å²) < 4.78 is 0. The smallest absolute Gasteiger partial charge is 0.255 e. The molecule has 0 spiro atoms. The number of nitrogens with zero attached hydrogens (tertiary/aromatic N) is 5. The van der Waals surface area contributed by atoms with Crippen LogP contribution in [0.15, 0.2) is 42.9 Å². The van der Waals surface area contributed by atoms with Gasteiger partial charge in [0.15, 0.2) is 0 Å². The molecular weight excluding hydrogens is 425 g/mol. The van der Waals surface area contributed by atoms with Crippen molar-refractivity contribution in [2.24, 2.45) is 0 Å². The van der Waals surface area contributed by atoms with Gasteiger partial charge in [0.2, 0.25) is 0 Å². The van der Waals surface area contributed by atoms with E-state index in [0.717, 1.165) is 24.5 Å². The molecule has 8 nitrogen and oxygen atoms in total. The number of H-pyrrole nitrogens is 1. The maximum Gasteiger partial charge on any atom is 0.255 e. The van der Waals surface area contributed by atoms with Crippen molar-refractivity contribution in [3.63, 3.8) is 0 Å². The Kier molecular flexibility index (Phi) is 5.06. The van der Waals surface area contributed by atoms with E-state index in [2.05, 4.69) is 30.4 Å². The molecule has 1 amide bonds. The summed E-state index contributed by atoms with van der Waals surface area (Å²) in [4.78, 5) is 26.2. The van der Waals surface area contributed by atoms with Gasteiger partial charge in [-0.05, 0) is 18.6 Å². The minimum atomic E-state index is -0.0554. The van der Waals surface area contributed by atoms with Gasteiger partial charge in [0.05, 0.1) is 33.7 Å². The monoisotopic (exact) mass is 443 g/mol. The number of piperazine rings is 1. The van der Waals surface area contributed by atoms with Crippen LogP contribution >= 0.6 is 23.2 Å². The summed E-state index contributed by atoms with van der Waals surface area (Å²) >= 11 is 12.3. The minimum Gasteiger partial charge on any atom is -0.333 e. The van der Waals surface area contributed by atoms with E-state index in [4.69, 9.17) is 23.2 Å². The van der Waals surface area contributed by atoms with E-state index in [9.17, 15) is 4.79 Å². The molecule has 154 valence electrons. The van der Waals surface area contributed by atoms with Crippen LogP contribution in [0.3, 0.4) is 0 Å². The molecule has 2 N–H and O–H groups in total. The van der Waals surface area contributed by atoms with Crippen molar-refractivity contribution in [2.75, 3.05) is 18.4 Å². The summed E-state index contributed by atoms with van der Waals surface area (Å²) in [5.41, 5.74) is 1.34. The summed E-state index contributed by atoms with van der Waals surface area (Å²) in [5, 5.41) is 10.6. The van der Waals surface area contributed by atoms with Crippen LogP contribution in [0.5, 0.6) is 0 Å². The van der Waals surface area contributed by atoms with Crippen LogP contribution in [0.1, 0.15) is 22.5 Å². The number of anilines is 2. The van der Waals surface area contributed by atoms with E-state index in [1.807, 2.05) is 11.0 Å². The highest BCUT2D eigenvalue weighted by molar-refractivity contribution is 6.43. The van der Waals surface area contributed by atoms with Crippen LogP contribution < -0.4 is 5.32 Å². The lowest BCUT2D eigenvalue weighted by Gasteiger charge is -2.34. The fraction of sp³-hybridized carbons (Fsp3) is 0.300. The van der Waals surface area contributed by atoms with Gasteiger partial charge in [-0.3, -0.25) is 19.8 Å². The Bertz CT molecular complexity index is 1070. The highest BCUT2D eigenvalue weighted by Crippen LogP contribution is 2.35. The van der Waals surface area contributed by atoms with Crippen molar-refractivity contribution in [3.8, 4) is 0 Å². The van der Waals surface area contributed by atoms with E-state index in [0.29, 0.717) is 40.6 Å². The van der Waals surface area contributed by atoms with Gasteiger partial charge in [0.25, 0.3) is 5.91 Å². The first-order chi connectivity index (χ1) is 14.6. The second-order valence-corrected chi connectivity index (χ2v) is 8.31. The summed E-state index contributed by atoms with van der Waals surface area (Å²) in [5.74, 6) is 1.37. The van der Waals surface area contributed by atoms with Gasteiger partial charge in [0, 0.05) is 44.0 Å². The maximum absolute atomic E-state index is 13.0. The number of aromatic amines is 1. The molecule has 2 bridgehead atoms. The number of hydrogen-bond donors (Lipinski definition) is 2. The Balaban J connectivity index is 1.24. The van der Waals surface area contributed by atoms with Crippen LogP contribution in [0.4, 0.5) is 11.6 Å². The molecule has 0 radical (unpaired) electrons. The Morgan fingerprint density at radius 2 is 2.10 bits per heavy atom. The van der Waals surface area contributed by atoms with E-state index < -0.39 is 0 Å². The van der Waals surface area contributed by atoms with Crippen LogP contribution in [0.2, 0.25) is 10.0 Å². The molecular formula is C20H19Cl2N7O. The van der Waals surface area contributed by atoms with Crippen molar-refractivity contribution in [2.45, 2.75) is 25.0 Å². The highest BCUT2D eigenvalue weighted by Gasteiger charge is 2.45. The second kappa shape index (κ2) is 7.86. The molecule has 3 aromatic rings. The van der Waals surface area contributed by atoms with Crippen LogP contribution in [0.25, 0.3) is 0 Å². The number of nitrogens with one attached hydrogen (secondary N) is 2. The van der Waals surface area contributed by atoms with Gasteiger partial charge >= 0.3 is 0 Å². The fourth-order valence-corrected chi connectivity index (χ4v) is 4.61. The van der Waals surface area contributed by atoms with Crippen molar-refractivity contribution in [1.29, 1.82) is 0 Å². The summed E-state index contributed by atoms with van der Waals surface area (Å²) in [6.45, 7) is 2.16. The Morgan fingerprint density at radius 3 is 2.87 bits per heavy atom. The summed E-state index contributed by atoms with van der Waals surface area (Å²) in [7, 11) is 0. The first-order valence-corrected chi connectivity index (χ1v) is 10.4. The Hall–Kier alpha value is -2.68. The number of carbonyl (C=O) groups excluding carboxylic acids is 1. The summed E-state index contributed by atoms with van der Waals surface area (Å²) in [6, 6.07) is 7.46. The zero-order valence-corrected chi connectivity index (χ0v) is 17.4. The van der Waals surface area contributed by atoms with Gasteiger partial charge < -0.3 is 10.2 Å². The normalized spacial score (nSPS) is 20.7. The molecule has 2 atom stereocenters. The molecule has 0 aliphatic carbocycles. The minimum absolute atomic E-state index is 0.0554. The molecule has 4 heterocycles. The van der Waals surface area contributed by atoms with Crippen LogP contribution in [-0.2, 0) is 6.54 Å². The van der Waals surface area contributed by atoms with Crippen LogP contribution in [-0.4, -0.2) is 61.0 Å². The maximum atomic E-state index is 13.0. The molecule has 2 fully saturated rings. The lowest BCUT2D eigenvalue weighted by Crippen LogP contribution is -2.48. The van der Waals surface area contributed by atoms with Gasteiger partial charge in [0.1, 0.15) is 11.6 Å². The molecule has 2 aliphatic rings. The largest absolute Gasteiger partial charge is 0.333 e. The standard InChI is InChI=1S/C20H19Cl2N7O/c21-16-3-1-2-15(19(16)22)20(30)29-11-13-6-14(29)10-28(13)9-12-7-23-8-18(25-12)26-17-4-5-24-27-17/h1-5,7-8,13-14H,6,9-11H2,(H2,24,25,26,27)/t13-,14+/m1/s1. The average Bonchev–Trinajstić information content (AvgIpc) is 3.47. The number of aromatic nitrogens is 4. The number of amides is 1. The van der Waals surface area contributed by atoms with Crippen molar-refractivity contribution in [1.82, 2.24) is 30.0 Å². The molecule has 5 rings (SSSR count). The number of carbonyl (C=O) groups is 1. The first-order valence-electron chi connectivity index (χ1n) is 9.65. The van der Waals surface area contributed by atoms with Crippen molar-refractivity contribution < 1.29 is 4.79 Å². The van der Waals surface area contributed by atoms with Gasteiger partial charge in [-0.1, -0.05) is 29.3 Å². The molecule has 30 heavy (non-hydrogen) atoms. The molecule has 1 aromatic carbocycles. The van der Waals surface area contributed by atoms with Gasteiger partial charge in [-0.2, -0.15) is 5.10 Å². The van der Waals surface area contributed by atoms with E-state index in [-0.39, 0.29) is 11.9 Å². The number of benzene rings is 1. The van der Waals surface area contributed by atoms with Gasteiger partial charge in [-0.25, -0.2) is 4.98 Å². The third kappa shape index (κ3) is 3.62. The van der Waals surface area contributed by atoms with E-state index >= 15 is 0 Å². The third-order valence-electron chi connectivity index (χ3n) is 5.61. The third-order valence-corrected chi connectivity index (χ3v) is 6.43. The average molecular weight is 444 g/mol. The lowest BCUT2D eigenvalue weighted by atomic mass is 10.1. The number of rotatable bonds is 5. The molecule has 2 aliphatic heterocycles. The molecule has 0 saturated carbocycles. The first kappa shape index (κ1) is 19.3. The van der Waals surface area contributed by atoms with Gasteiger partial charge in [-0.15, -0.1) is 0 Å². The zero-order valence-electron chi connectivity index (χ0n) is 15.9. The Morgan fingerprint density at radius 1 is 1.20 bits per heavy atom. The molecule has 2 saturated heterocycles. The molecule has 10 heteroatoms. The fourth-order valence-electron chi connectivity index (χ4n) is 4.23. The number of likely N-dealkylation sites (tertiary alicyclic amines) is 2. The Labute approximate surface area is 183 Å². The van der Waals surface area contributed by atoms with E-state index in [1.54, 1.807) is 36.8 Å². The van der Waals surface area contributed by atoms with Crippen LogP contribution in [0, 0.1) is 0 Å². The number of hydrogen-bond acceptors (Lipinski definition) is 6. The predicted molar refractivity (Wildman–Crippen MR) is 114 cm³/mol. The van der Waals surface area contributed by atoms with E-state index in [1.165, 1.54) is 0 Å². The zero-order chi connectivity index (χ0) is 20.7. The quantitative estimate of drug-likeness (QED) is 0.628.